The summed E-state index contributed by atoms with van der Waals surface area (Å²) in [5, 5.41) is 0. The Hall–Kier alpha value is -2.28. The summed E-state index contributed by atoms with van der Waals surface area (Å²) in [5.41, 5.74) is 8.99. The molecule has 4 rings (SSSR count). The van der Waals surface area contributed by atoms with Gasteiger partial charge in [-0.2, -0.15) is 0 Å². The predicted octanol–water partition coefficient (Wildman–Crippen LogP) is 7.50. The molecule has 0 saturated heterocycles. The van der Waals surface area contributed by atoms with Crippen molar-refractivity contribution in [3.05, 3.63) is 107 Å². The third-order valence-corrected chi connectivity index (χ3v) is 5.68. The van der Waals surface area contributed by atoms with Crippen molar-refractivity contribution in [2.45, 2.75) is 45.4 Å². The van der Waals surface area contributed by atoms with E-state index in [-0.39, 0.29) is 26.0 Å². The van der Waals surface area contributed by atoms with E-state index in [0.29, 0.717) is 11.8 Å². The van der Waals surface area contributed by atoms with Gasteiger partial charge >= 0.3 is 0 Å². The maximum absolute atomic E-state index is 4.75. The Morgan fingerprint density at radius 3 is 2.00 bits per heavy atom. The van der Waals surface area contributed by atoms with Crippen LogP contribution in [-0.4, -0.2) is 5.71 Å². The molecule has 1 unspecified atom stereocenters. The molecule has 0 spiro atoms. The number of nitrogens with zero attached hydrogens (tertiary/aromatic N) is 1. The largest absolute Gasteiger partial charge is 0.308 e. The van der Waals surface area contributed by atoms with Gasteiger partial charge in [-0.1, -0.05) is 76.2 Å². The van der Waals surface area contributed by atoms with Crippen molar-refractivity contribution in [1.82, 2.24) is 0 Å². The van der Waals surface area contributed by atoms with Gasteiger partial charge in [-0.15, -0.1) is 35.9 Å². The van der Waals surface area contributed by atoms with Crippen LogP contribution < -0.4 is 0 Å². The molecule has 1 radical (unpaired) electrons. The minimum absolute atomic E-state index is 0. The summed E-state index contributed by atoms with van der Waals surface area (Å²) in [7, 11) is 0. The van der Waals surface area contributed by atoms with E-state index in [1.807, 2.05) is 18.3 Å². The summed E-state index contributed by atoms with van der Waals surface area (Å²) in [6.07, 6.45) is 4.20. The summed E-state index contributed by atoms with van der Waals surface area (Å²) in [6, 6.07) is 27.0. The molecule has 0 amide bonds. The molecule has 2 heteroatoms. The quantitative estimate of drug-likeness (QED) is 0.282. The summed E-state index contributed by atoms with van der Waals surface area (Å²) in [6.45, 7) is 9.17. The van der Waals surface area contributed by atoms with Crippen molar-refractivity contribution in [3.63, 3.8) is 0 Å². The molecule has 1 nitrogen and oxygen atoms in total. The van der Waals surface area contributed by atoms with Crippen LogP contribution in [0.4, 0.5) is 0 Å². The Morgan fingerprint density at radius 2 is 1.43 bits per heavy atom. The summed E-state index contributed by atoms with van der Waals surface area (Å²) in [5.74, 6) is 1.04. The van der Waals surface area contributed by atoms with E-state index in [4.69, 9.17) is 4.99 Å². The zero-order valence-corrected chi connectivity index (χ0v) is 20.4. The molecule has 1 atom stereocenters. The molecule has 0 fully saturated rings. The number of hydrogen-bond acceptors (Lipinski definition) is 1. The fourth-order valence-corrected chi connectivity index (χ4v) is 4.21. The maximum Gasteiger partial charge on any atom is 0.0128 e. The molecule has 30 heavy (non-hydrogen) atoms. The first kappa shape index (κ1) is 22.4. The van der Waals surface area contributed by atoms with Crippen molar-refractivity contribution in [2.24, 2.45) is 4.99 Å². The Kier molecular flexibility index (Phi) is 7.23. The van der Waals surface area contributed by atoms with Crippen molar-refractivity contribution < 1.29 is 20.1 Å². The third-order valence-electron chi connectivity index (χ3n) is 5.68. The van der Waals surface area contributed by atoms with Gasteiger partial charge in [0.15, 0.2) is 0 Å². The van der Waals surface area contributed by atoms with E-state index < -0.39 is 0 Å². The SMILES string of the molecule is CC(C)c1cc(-c2ccccc2)cc(C(C)C)c1C1C=CN=C1c1[c-]cccc1.[Ir]. The van der Waals surface area contributed by atoms with E-state index in [2.05, 4.69) is 94.4 Å². The fourth-order valence-electron chi connectivity index (χ4n) is 4.21. The summed E-state index contributed by atoms with van der Waals surface area (Å²) in [4.78, 5) is 4.75. The van der Waals surface area contributed by atoms with E-state index in [9.17, 15) is 0 Å². The van der Waals surface area contributed by atoms with E-state index in [1.54, 1.807) is 0 Å². The molecule has 3 aromatic rings. The molecule has 1 aliphatic rings. The number of hydrogen-bond donors (Lipinski definition) is 0. The number of rotatable bonds is 5. The van der Waals surface area contributed by atoms with Crippen LogP contribution in [0.1, 0.15) is 67.7 Å². The van der Waals surface area contributed by atoms with Crippen LogP contribution in [0, 0.1) is 6.07 Å². The molecule has 155 valence electrons. The average Bonchev–Trinajstić information content (AvgIpc) is 3.23. The molecule has 0 N–H and O–H groups in total. The van der Waals surface area contributed by atoms with Crippen LogP contribution in [0.5, 0.6) is 0 Å². The van der Waals surface area contributed by atoms with E-state index in [1.165, 1.54) is 27.8 Å². The van der Waals surface area contributed by atoms with Crippen molar-refractivity contribution >= 4 is 5.71 Å². The Bertz CT molecular complexity index is 1020. The van der Waals surface area contributed by atoms with Crippen LogP contribution in [-0.2, 0) is 20.1 Å². The minimum Gasteiger partial charge on any atom is -0.308 e. The number of aliphatic imine (C=N–C) groups is 1. The molecule has 3 aromatic carbocycles. The second kappa shape index (κ2) is 9.68. The second-order valence-electron chi connectivity index (χ2n) is 8.35. The van der Waals surface area contributed by atoms with Gasteiger partial charge in [0.25, 0.3) is 0 Å². The molecule has 0 saturated carbocycles. The Morgan fingerprint density at radius 1 is 0.800 bits per heavy atom. The van der Waals surface area contributed by atoms with Gasteiger partial charge in [-0.05, 0) is 45.4 Å². The average molecular weight is 571 g/mol. The number of benzene rings is 3. The second-order valence-corrected chi connectivity index (χ2v) is 8.35. The summed E-state index contributed by atoms with van der Waals surface area (Å²) >= 11 is 0. The maximum atomic E-state index is 4.75. The molecule has 1 aliphatic heterocycles. The van der Waals surface area contributed by atoms with E-state index >= 15 is 0 Å². The van der Waals surface area contributed by atoms with Gasteiger partial charge in [-0.3, -0.25) is 0 Å². The molecular formula is C28H28IrN-. The first-order chi connectivity index (χ1) is 14.1. The third kappa shape index (κ3) is 4.41. The zero-order chi connectivity index (χ0) is 20.4. The smallest absolute Gasteiger partial charge is 0.0128 e. The zero-order valence-electron chi connectivity index (χ0n) is 18.0. The standard InChI is InChI=1S/C28H28N.Ir/c1-19(2)25-17-23(21-11-7-5-8-12-21)18-26(20(3)4)27(25)24-15-16-29-28(24)22-13-9-6-10-14-22;/h5-13,15-20,24H,1-4H3;/q-1;. The van der Waals surface area contributed by atoms with Crippen molar-refractivity contribution in [1.29, 1.82) is 0 Å². The monoisotopic (exact) mass is 571 g/mol. The van der Waals surface area contributed by atoms with Gasteiger partial charge in [0, 0.05) is 32.2 Å². The first-order valence-corrected chi connectivity index (χ1v) is 10.5. The van der Waals surface area contributed by atoms with Gasteiger partial charge < -0.3 is 4.99 Å². The molecule has 0 aromatic heterocycles. The Labute approximate surface area is 194 Å². The van der Waals surface area contributed by atoms with Crippen molar-refractivity contribution in [3.8, 4) is 11.1 Å². The fraction of sp³-hybridized carbons (Fsp3) is 0.250. The molecular weight excluding hydrogens is 543 g/mol. The molecule has 0 aliphatic carbocycles. The van der Waals surface area contributed by atoms with Gasteiger partial charge in [0.2, 0.25) is 0 Å². The predicted molar refractivity (Wildman–Crippen MR) is 124 cm³/mol. The normalized spacial score (nSPS) is 15.4. The first-order valence-electron chi connectivity index (χ1n) is 10.5. The minimum atomic E-state index is 0. The number of allylic oxidation sites excluding steroid dienone is 1. The topological polar surface area (TPSA) is 12.4 Å². The van der Waals surface area contributed by atoms with Gasteiger partial charge in [0.05, 0.1) is 0 Å². The van der Waals surface area contributed by atoms with Crippen LogP contribution in [0.15, 0.2) is 84.0 Å². The van der Waals surface area contributed by atoms with Crippen LogP contribution in [0.2, 0.25) is 0 Å². The Balaban J connectivity index is 0.00000256. The van der Waals surface area contributed by atoms with E-state index in [0.717, 1.165) is 11.3 Å². The van der Waals surface area contributed by atoms with Crippen molar-refractivity contribution in [2.75, 3.05) is 0 Å². The summed E-state index contributed by atoms with van der Waals surface area (Å²) < 4.78 is 0. The molecule has 0 bridgehead atoms. The molecule has 1 heterocycles. The van der Waals surface area contributed by atoms with Crippen LogP contribution >= 0.6 is 0 Å². The van der Waals surface area contributed by atoms with Gasteiger partial charge in [0.1, 0.15) is 0 Å². The van der Waals surface area contributed by atoms with Gasteiger partial charge in [-0.25, -0.2) is 0 Å². The van der Waals surface area contributed by atoms with Crippen LogP contribution in [0.25, 0.3) is 11.1 Å². The van der Waals surface area contributed by atoms with Crippen LogP contribution in [0.3, 0.4) is 0 Å².